The van der Waals surface area contributed by atoms with Gasteiger partial charge < -0.3 is 4.57 Å². The van der Waals surface area contributed by atoms with Gasteiger partial charge in [0, 0.05) is 56.2 Å². The minimum absolute atomic E-state index is 0.642. The Hall–Kier alpha value is -2.50. The number of aromatic nitrogens is 3. The zero-order valence-electron chi connectivity index (χ0n) is 16.6. The maximum absolute atomic E-state index is 4.31. The Morgan fingerprint density at radius 1 is 1.04 bits per heavy atom. The molecule has 3 aromatic rings. The zero-order chi connectivity index (χ0) is 19.2. The van der Waals surface area contributed by atoms with Gasteiger partial charge in [-0.15, -0.1) is 0 Å². The quantitative estimate of drug-likeness (QED) is 0.601. The molecule has 0 saturated carbocycles. The fourth-order valence-electron chi connectivity index (χ4n) is 4.27. The van der Waals surface area contributed by atoms with Gasteiger partial charge in [-0.3, -0.25) is 19.8 Å². The molecule has 0 spiro atoms. The van der Waals surface area contributed by atoms with Crippen LogP contribution in [0.15, 0.2) is 67.4 Å². The summed E-state index contributed by atoms with van der Waals surface area (Å²) in [5.74, 6) is 0. The first kappa shape index (κ1) is 18.8. The number of likely N-dealkylation sites (tertiary alicyclic amines) is 1. The van der Waals surface area contributed by atoms with E-state index in [2.05, 4.69) is 61.7 Å². The number of likely N-dealkylation sites (N-methyl/N-ethyl adjacent to an activating group) is 1. The minimum Gasteiger partial charge on any atom is -0.318 e. The number of rotatable bonds is 8. The highest BCUT2D eigenvalue weighted by atomic mass is 15.2. The van der Waals surface area contributed by atoms with E-state index in [0.717, 1.165) is 31.9 Å². The van der Waals surface area contributed by atoms with Crippen molar-refractivity contribution in [3.63, 3.8) is 0 Å². The molecule has 1 fully saturated rings. The lowest BCUT2D eigenvalue weighted by atomic mass is 10.1. The fourth-order valence-corrected chi connectivity index (χ4v) is 4.27. The molecule has 1 unspecified atom stereocenters. The predicted molar refractivity (Wildman–Crippen MR) is 112 cm³/mol. The summed E-state index contributed by atoms with van der Waals surface area (Å²) in [5, 5.41) is 0. The van der Waals surface area contributed by atoms with E-state index in [1.807, 2.05) is 36.9 Å². The van der Waals surface area contributed by atoms with Gasteiger partial charge in [-0.25, -0.2) is 0 Å². The summed E-state index contributed by atoms with van der Waals surface area (Å²) in [7, 11) is 0. The zero-order valence-corrected chi connectivity index (χ0v) is 16.6. The molecule has 0 aromatic carbocycles. The summed E-state index contributed by atoms with van der Waals surface area (Å²) in [4.78, 5) is 13.8. The molecule has 0 radical (unpaired) electrons. The third-order valence-corrected chi connectivity index (χ3v) is 5.65. The molecular weight excluding hydrogens is 346 g/mol. The number of pyridine rings is 2. The Kier molecular flexibility index (Phi) is 6.14. The van der Waals surface area contributed by atoms with Crippen LogP contribution < -0.4 is 0 Å². The van der Waals surface area contributed by atoms with Gasteiger partial charge in [0.2, 0.25) is 0 Å². The molecule has 146 valence electrons. The maximum Gasteiger partial charge on any atom is 0.0636 e. The Bertz CT molecular complexity index is 846. The first-order valence-corrected chi connectivity index (χ1v) is 10.3. The molecule has 1 saturated heterocycles. The van der Waals surface area contributed by atoms with Crippen LogP contribution in [-0.4, -0.2) is 50.0 Å². The Labute approximate surface area is 167 Å². The van der Waals surface area contributed by atoms with Crippen molar-refractivity contribution in [1.82, 2.24) is 24.3 Å². The third kappa shape index (κ3) is 4.49. The normalized spacial score (nSPS) is 17.4. The molecular formula is C23H29N5. The van der Waals surface area contributed by atoms with Crippen LogP contribution >= 0.6 is 0 Å². The van der Waals surface area contributed by atoms with Crippen molar-refractivity contribution < 1.29 is 0 Å². The number of hydrogen-bond acceptors (Lipinski definition) is 4. The SMILES string of the molecule is CCN1CCCC1CN(Cc1cccnc1)Cc1cccn1-c1cccnc1. The molecule has 0 N–H and O–H groups in total. The van der Waals surface area contributed by atoms with Crippen LogP contribution in [0.3, 0.4) is 0 Å². The Balaban J connectivity index is 1.55. The summed E-state index contributed by atoms with van der Waals surface area (Å²) >= 11 is 0. The monoisotopic (exact) mass is 375 g/mol. The summed E-state index contributed by atoms with van der Waals surface area (Å²) < 4.78 is 2.25. The molecule has 4 rings (SSSR count). The molecule has 0 amide bonds. The van der Waals surface area contributed by atoms with Crippen LogP contribution in [0.2, 0.25) is 0 Å². The number of nitrogens with zero attached hydrogens (tertiary/aromatic N) is 5. The van der Waals surface area contributed by atoms with Gasteiger partial charge in [-0.05, 0) is 61.8 Å². The standard InChI is InChI=1S/C23H29N5/c1-2-27-13-5-9-22(27)18-26(17-20-7-3-11-24-15-20)19-23-10-6-14-28(23)21-8-4-12-25-16-21/h3-4,6-8,10-12,14-16,22H,2,5,9,13,17-19H2,1H3. The van der Waals surface area contributed by atoms with Crippen LogP contribution in [0, 0.1) is 0 Å². The second-order valence-corrected chi connectivity index (χ2v) is 7.54. The van der Waals surface area contributed by atoms with E-state index in [4.69, 9.17) is 0 Å². The number of hydrogen-bond donors (Lipinski definition) is 0. The molecule has 5 heteroatoms. The molecule has 1 atom stereocenters. The molecule has 1 aliphatic rings. The summed E-state index contributed by atoms with van der Waals surface area (Å²) in [6, 6.07) is 13.3. The predicted octanol–water partition coefficient (Wildman–Crippen LogP) is 3.75. The summed E-state index contributed by atoms with van der Waals surface area (Å²) in [6.07, 6.45) is 12.3. The van der Waals surface area contributed by atoms with Gasteiger partial charge in [0.25, 0.3) is 0 Å². The van der Waals surface area contributed by atoms with E-state index in [1.54, 1.807) is 0 Å². The van der Waals surface area contributed by atoms with E-state index in [1.165, 1.54) is 30.6 Å². The van der Waals surface area contributed by atoms with Crippen molar-refractivity contribution in [2.45, 2.75) is 38.9 Å². The maximum atomic E-state index is 4.31. The topological polar surface area (TPSA) is 37.2 Å². The average Bonchev–Trinajstić information content (AvgIpc) is 3.38. The van der Waals surface area contributed by atoms with Crippen LogP contribution in [0.5, 0.6) is 0 Å². The molecule has 0 bridgehead atoms. The minimum atomic E-state index is 0.642. The highest BCUT2D eigenvalue weighted by Gasteiger charge is 2.25. The summed E-state index contributed by atoms with van der Waals surface area (Å²) in [6.45, 7) is 7.55. The van der Waals surface area contributed by atoms with E-state index >= 15 is 0 Å². The van der Waals surface area contributed by atoms with Gasteiger partial charge in [0.05, 0.1) is 11.9 Å². The van der Waals surface area contributed by atoms with Crippen LogP contribution in [0.1, 0.15) is 31.0 Å². The van der Waals surface area contributed by atoms with Crippen molar-refractivity contribution in [2.24, 2.45) is 0 Å². The largest absolute Gasteiger partial charge is 0.318 e. The Morgan fingerprint density at radius 3 is 2.64 bits per heavy atom. The van der Waals surface area contributed by atoms with Gasteiger partial charge in [0.15, 0.2) is 0 Å². The first-order chi connectivity index (χ1) is 13.8. The van der Waals surface area contributed by atoms with Crippen molar-refractivity contribution in [2.75, 3.05) is 19.6 Å². The van der Waals surface area contributed by atoms with Gasteiger partial charge in [-0.2, -0.15) is 0 Å². The molecule has 1 aliphatic heterocycles. The smallest absolute Gasteiger partial charge is 0.0636 e. The van der Waals surface area contributed by atoms with Crippen LogP contribution in [-0.2, 0) is 13.1 Å². The van der Waals surface area contributed by atoms with Crippen molar-refractivity contribution in [3.8, 4) is 5.69 Å². The van der Waals surface area contributed by atoms with E-state index < -0.39 is 0 Å². The average molecular weight is 376 g/mol. The highest BCUT2D eigenvalue weighted by molar-refractivity contribution is 5.32. The molecule has 4 heterocycles. The third-order valence-electron chi connectivity index (χ3n) is 5.65. The van der Waals surface area contributed by atoms with Crippen molar-refractivity contribution >= 4 is 0 Å². The molecule has 0 aliphatic carbocycles. The van der Waals surface area contributed by atoms with E-state index in [9.17, 15) is 0 Å². The lowest BCUT2D eigenvalue weighted by Gasteiger charge is -2.30. The van der Waals surface area contributed by atoms with Crippen LogP contribution in [0.4, 0.5) is 0 Å². The fraction of sp³-hybridized carbons (Fsp3) is 0.391. The van der Waals surface area contributed by atoms with Crippen molar-refractivity contribution in [1.29, 1.82) is 0 Å². The van der Waals surface area contributed by atoms with Crippen molar-refractivity contribution in [3.05, 3.63) is 78.6 Å². The summed E-state index contributed by atoms with van der Waals surface area (Å²) in [5.41, 5.74) is 3.67. The lowest BCUT2D eigenvalue weighted by Crippen LogP contribution is -2.40. The van der Waals surface area contributed by atoms with Crippen LogP contribution in [0.25, 0.3) is 5.69 Å². The lowest BCUT2D eigenvalue weighted by molar-refractivity contribution is 0.164. The molecule has 3 aromatic heterocycles. The van der Waals surface area contributed by atoms with Gasteiger partial charge in [-0.1, -0.05) is 13.0 Å². The second kappa shape index (κ2) is 9.13. The Morgan fingerprint density at radius 2 is 1.89 bits per heavy atom. The van der Waals surface area contributed by atoms with E-state index in [-0.39, 0.29) is 0 Å². The second-order valence-electron chi connectivity index (χ2n) is 7.54. The molecule has 28 heavy (non-hydrogen) atoms. The molecule has 5 nitrogen and oxygen atoms in total. The van der Waals surface area contributed by atoms with Gasteiger partial charge >= 0.3 is 0 Å². The highest BCUT2D eigenvalue weighted by Crippen LogP contribution is 2.21. The first-order valence-electron chi connectivity index (χ1n) is 10.3. The van der Waals surface area contributed by atoms with E-state index in [0.29, 0.717) is 6.04 Å². The van der Waals surface area contributed by atoms with Gasteiger partial charge in [0.1, 0.15) is 0 Å².